The molecule has 8 rings (SSSR count). The summed E-state index contributed by atoms with van der Waals surface area (Å²) in [6, 6.07) is 37.3. The van der Waals surface area contributed by atoms with E-state index in [1.165, 1.54) is 110 Å². The van der Waals surface area contributed by atoms with Gasteiger partial charge >= 0.3 is 0 Å². The monoisotopic (exact) mass is 558 g/mol. The Morgan fingerprint density at radius 1 is 0.512 bits per heavy atom. The van der Waals surface area contributed by atoms with Crippen LogP contribution in [0.15, 0.2) is 97.1 Å². The predicted molar refractivity (Wildman–Crippen MR) is 185 cm³/mol. The number of rotatable bonds is 3. The van der Waals surface area contributed by atoms with Gasteiger partial charge in [0, 0.05) is 34.1 Å². The highest BCUT2D eigenvalue weighted by molar-refractivity contribution is 7.00. The molecule has 0 amide bonds. The van der Waals surface area contributed by atoms with Crippen molar-refractivity contribution in [1.29, 1.82) is 0 Å². The molecule has 1 saturated carbocycles. The van der Waals surface area contributed by atoms with Gasteiger partial charge in [-0.1, -0.05) is 91.1 Å². The highest BCUT2D eigenvalue weighted by Crippen LogP contribution is 2.47. The van der Waals surface area contributed by atoms with Gasteiger partial charge in [0.05, 0.1) is 0 Å². The Kier molecular flexibility index (Phi) is 6.26. The molecule has 0 bridgehead atoms. The van der Waals surface area contributed by atoms with Crippen molar-refractivity contribution < 1.29 is 0 Å². The fourth-order valence-electron chi connectivity index (χ4n) is 8.22. The molecule has 0 atom stereocenters. The van der Waals surface area contributed by atoms with Gasteiger partial charge < -0.3 is 9.80 Å². The molecule has 3 heteroatoms. The molecule has 0 saturated heterocycles. The summed E-state index contributed by atoms with van der Waals surface area (Å²) in [5.41, 5.74) is 18.8. The number of hydrogen-bond acceptors (Lipinski definition) is 2. The van der Waals surface area contributed by atoms with Crippen LogP contribution in [0.2, 0.25) is 0 Å². The van der Waals surface area contributed by atoms with Gasteiger partial charge in [-0.25, -0.2) is 0 Å². The summed E-state index contributed by atoms with van der Waals surface area (Å²) in [5, 5.41) is 0. The summed E-state index contributed by atoms with van der Waals surface area (Å²) < 4.78 is 0. The highest BCUT2D eigenvalue weighted by atomic mass is 15.2. The molecule has 0 N–H and O–H groups in total. The van der Waals surface area contributed by atoms with Crippen molar-refractivity contribution in [2.24, 2.45) is 0 Å². The Balaban J connectivity index is 1.48. The van der Waals surface area contributed by atoms with Crippen molar-refractivity contribution >= 4 is 57.2 Å². The second kappa shape index (κ2) is 10.2. The van der Waals surface area contributed by atoms with Gasteiger partial charge in [-0.05, 0) is 116 Å². The second-order valence-corrected chi connectivity index (χ2v) is 13.1. The maximum atomic E-state index is 2.58. The van der Waals surface area contributed by atoms with Gasteiger partial charge in [0.15, 0.2) is 0 Å². The number of aryl methyl sites for hydroxylation is 4. The van der Waals surface area contributed by atoms with Crippen LogP contribution < -0.4 is 26.2 Å². The molecule has 0 aromatic heterocycles. The molecule has 3 aliphatic rings. The van der Waals surface area contributed by atoms with E-state index in [1.807, 2.05) is 0 Å². The second-order valence-electron chi connectivity index (χ2n) is 13.1. The zero-order chi connectivity index (χ0) is 29.2. The third-order valence-corrected chi connectivity index (χ3v) is 10.2. The zero-order valence-corrected chi connectivity index (χ0v) is 25.8. The van der Waals surface area contributed by atoms with E-state index in [4.69, 9.17) is 0 Å². The lowest BCUT2D eigenvalue weighted by molar-refractivity contribution is 0.444. The SMILES string of the molecule is Cc1ccc(N2c3ccccc3B3c4ccccc4N(c4ccc(C)cc4C)c4cc(C5CCCCC5)cc2c43)c(C)c1. The molecule has 1 aliphatic carbocycles. The van der Waals surface area contributed by atoms with E-state index in [9.17, 15) is 0 Å². The minimum atomic E-state index is 0.182. The van der Waals surface area contributed by atoms with Crippen LogP contribution in [0.4, 0.5) is 34.1 Å². The van der Waals surface area contributed by atoms with Gasteiger partial charge in [-0.2, -0.15) is 0 Å². The lowest BCUT2D eigenvalue weighted by atomic mass is 9.33. The van der Waals surface area contributed by atoms with E-state index in [1.54, 1.807) is 0 Å². The minimum Gasteiger partial charge on any atom is -0.311 e. The maximum Gasteiger partial charge on any atom is 0.252 e. The Morgan fingerprint density at radius 3 is 1.49 bits per heavy atom. The molecular weight excluding hydrogens is 519 g/mol. The van der Waals surface area contributed by atoms with Crippen LogP contribution >= 0.6 is 0 Å². The Bertz CT molecular complexity index is 1760. The first-order valence-electron chi connectivity index (χ1n) is 16.1. The molecule has 2 nitrogen and oxygen atoms in total. The van der Waals surface area contributed by atoms with Crippen molar-refractivity contribution in [2.45, 2.75) is 65.7 Å². The summed E-state index contributed by atoms with van der Waals surface area (Å²) in [4.78, 5) is 5.17. The fourth-order valence-corrected chi connectivity index (χ4v) is 8.22. The minimum absolute atomic E-state index is 0.182. The van der Waals surface area contributed by atoms with Gasteiger partial charge in [-0.3, -0.25) is 0 Å². The highest BCUT2D eigenvalue weighted by Gasteiger charge is 2.44. The molecule has 2 heterocycles. The van der Waals surface area contributed by atoms with E-state index in [0.29, 0.717) is 5.92 Å². The van der Waals surface area contributed by atoms with Crippen LogP contribution in [-0.4, -0.2) is 6.71 Å². The molecule has 43 heavy (non-hydrogen) atoms. The molecule has 5 aromatic rings. The zero-order valence-electron chi connectivity index (χ0n) is 25.8. The Hall–Kier alpha value is -4.24. The quantitative estimate of drug-likeness (QED) is 0.200. The van der Waals surface area contributed by atoms with Crippen molar-refractivity contribution in [1.82, 2.24) is 0 Å². The molecule has 0 spiro atoms. The summed E-state index contributed by atoms with van der Waals surface area (Å²) in [6.07, 6.45) is 6.57. The van der Waals surface area contributed by atoms with Crippen LogP contribution in [0.25, 0.3) is 0 Å². The first-order chi connectivity index (χ1) is 21.0. The topological polar surface area (TPSA) is 6.48 Å². The van der Waals surface area contributed by atoms with Gasteiger partial charge in [0.25, 0.3) is 6.71 Å². The van der Waals surface area contributed by atoms with Crippen LogP contribution in [0.3, 0.4) is 0 Å². The third kappa shape index (κ3) is 4.16. The molecule has 1 fully saturated rings. The van der Waals surface area contributed by atoms with Crippen molar-refractivity contribution in [3.8, 4) is 0 Å². The number of anilines is 6. The number of para-hydroxylation sites is 2. The van der Waals surface area contributed by atoms with E-state index in [0.717, 1.165) is 0 Å². The number of benzene rings is 5. The third-order valence-electron chi connectivity index (χ3n) is 10.2. The van der Waals surface area contributed by atoms with E-state index in [-0.39, 0.29) is 6.71 Å². The van der Waals surface area contributed by atoms with Gasteiger partial charge in [0.1, 0.15) is 0 Å². The Labute approximate surface area is 257 Å². The maximum absolute atomic E-state index is 2.58. The summed E-state index contributed by atoms with van der Waals surface area (Å²) >= 11 is 0. The smallest absolute Gasteiger partial charge is 0.252 e. The van der Waals surface area contributed by atoms with Gasteiger partial charge in [0.2, 0.25) is 0 Å². The Morgan fingerprint density at radius 2 is 1.00 bits per heavy atom. The van der Waals surface area contributed by atoms with Crippen LogP contribution in [0.1, 0.15) is 65.8 Å². The normalized spacial score (nSPS) is 15.7. The molecule has 0 radical (unpaired) electrons. The van der Waals surface area contributed by atoms with Crippen LogP contribution in [-0.2, 0) is 0 Å². The number of fused-ring (bicyclic) bond motifs is 4. The number of nitrogens with zero attached hydrogens (tertiary/aromatic N) is 2. The molecule has 5 aromatic carbocycles. The molecule has 212 valence electrons. The van der Waals surface area contributed by atoms with E-state index >= 15 is 0 Å². The van der Waals surface area contributed by atoms with Crippen LogP contribution in [0.5, 0.6) is 0 Å². The number of hydrogen-bond donors (Lipinski definition) is 0. The molecular formula is C40H39BN2. The summed E-state index contributed by atoms with van der Waals surface area (Å²) in [5.74, 6) is 0.602. The van der Waals surface area contributed by atoms with Crippen molar-refractivity contribution in [3.05, 3.63) is 125 Å². The summed E-state index contributed by atoms with van der Waals surface area (Å²) in [7, 11) is 0. The first kappa shape index (κ1) is 26.4. The standard InChI is InChI=1S/C40H39BN2/c1-26-18-20-34(28(3)22-26)42-36-16-10-8-14-32(36)41-33-15-9-11-17-37(33)43(35-21-19-27(2)23-29(35)4)39-25-31(24-38(42)40(39)41)30-12-6-5-7-13-30/h8-11,14-25,30H,5-7,12-13H2,1-4H3. The van der Waals surface area contributed by atoms with Crippen molar-refractivity contribution in [3.63, 3.8) is 0 Å². The average molecular weight is 559 g/mol. The largest absolute Gasteiger partial charge is 0.311 e. The predicted octanol–water partition coefficient (Wildman–Crippen LogP) is 9.05. The lowest BCUT2D eigenvalue weighted by Crippen LogP contribution is -2.61. The molecule has 2 aliphatic heterocycles. The molecule has 0 unspecified atom stereocenters. The van der Waals surface area contributed by atoms with Crippen LogP contribution in [0, 0.1) is 27.7 Å². The van der Waals surface area contributed by atoms with E-state index < -0.39 is 0 Å². The van der Waals surface area contributed by atoms with Crippen molar-refractivity contribution in [2.75, 3.05) is 9.80 Å². The van der Waals surface area contributed by atoms with E-state index in [2.05, 4.69) is 135 Å². The first-order valence-corrected chi connectivity index (χ1v) is 16.1. The van der Waals surface area contributed by atoms with Gasteiger partial charge in [-0.15, -0.1) is 0 Å². The lowest BCUT2D eigenvalue weighted by Gasteiger charge is -2.45. The summed E-state index contributed by atoms with van der Waals surface area (Å²) in [6.45, 7) is 9.11. The fraction of sp³-hybridized carbons (Fsp3) is 0.250. The average Bonchev–Trinajstić information content (AvgIpc) is 3.02.